The van der Waals surface area contributed by atoms with Crippen LogP contribution in [0.2, 0.25) is 10.0 Å². The van der Waals surface area contributed by atoms with Gasteiger partial charge < -0.3 is 20.5 Å². The molecule has 0 radical (unpaired) electrons. The van der Waals surface area contributed by atoms with E-state index in [0.29, 0.717) is 17.5 Å². The van der Waals surface area contributed by atoms with E-state index < -0.39 is 17.9 Å². The van der Waals surface area contributed by atoms with Crippen LogP contribution in [-0.2, 0) is 4.74 Å². The zero-order valence-corrected chi connectivity index (χ0v) is 22.3. The number of piperidine rings is 1. The third-order valence-corrected chi connectivity index (χ3v) is 7.09. The number of nitrogens with one attached hydrogen (secondary N) is 1. The monoisotopic (exact) mass is 549 g/mol. The van der Waals surface area contributed by atoms with Gasteiger partial charge in [0.15, 0.2) is 11.6 Å². The lowest BCUT2D eigenvalue weighted by Gasteiger charge is -2.23. The van der Waals surface area contributed by atoms with E-state index in [0.717, 1.165) is 32.4 Å². The molecule has 1 aliphatic rings. The van der Waals surface area contributed by atoms with Gasteiger partial charge >= 0.3 is 5.97 Å². The molecule has 37 heavy (non-hydrogen) atoms. The molecule has 0 bridgehead atoms. The van der Waals surface area contributed by atoms with E-state index >= 15 is 0 Å². The summed E-state index contributed by atoms with van der Waals surface area (Å²) < 4.78 is 27.8. The van der Waals surface area contributed by atoms with Gasteiger partial charge in [0.2, 0.25) is 0 Å². The molecule has 0 aliphatic carbocycles. The van der Waals surface area contributed by atoms with Crippen molar-refractivity contribution in [1.82, 2.24) is 20.1 Å². The van der Waals surface area contributed by atoms with E-state index in [1.165, 1.54) is 18.3 Å². The first-order chi connectivity index (χ1) is 17.8. The Balaban J connectivity index is 1.76. The Morgan fingerprint density at radius 1 is 1.30 bits per heavy atom. The predicted octanol–water partition coefficient (Wildman–Crippen LogP) is 5.99. The van der Waals surface area contributed by atoms with Gasteiger partial charge in [-0.15, -0.1) is 0 Å². The van der Waals surface area contributed by atoms with Crippen molar-refractivity contribution >= 4 is 35.0 Å². The minimum Gasteiger partial charge on any atom is -0.481 e. The quantitative estimate of drug-likeness (QED) is 0.192. The van der Waals surface area contributed by atoms with Crippen molar-refractivity contribution in [2.24, 2.45) is 0 Å². The molecule has 1 saturated heterocycles. The van der Waals surface area contributed by atoms with Gasteiger partial charge in [-0.1, -0.05) is 36.5 Å². The number of carbonyl (C=O) groups is 1. The Morgan fingerprint density at radius 2 is 2.05 bits per heavy atom. The van der Waals surface area contributed by atoms with Crippen LogP contribution in [0.15, 0.2) is 30.7 Å². The fraction of sp³-hybridized carbons (Fsp3) is 0.423. The maximum atomic E-state index is 14.2. The maximum Gasteiger partial charge on any atom is 0.342 e. The summed E-state index contributed by atoms with van der Waals surface area (Å²) in [5.74, 6) is -1.25. The van der Waals surface area contributed by atoms with Crippen LogP contribution in [0.25, 0.3) is 11.1 Å². The van der Waals surface area contributed by atoms with Crippen LogP contribution in [0.4, 0.5) is 10.2 Å². The zero-order chi connectivity index (χ0) is 26.5. The molecule has 1 aliphatic heterocycles. The summed E-state index contributed by atoms with van der Waals surface area (Å²) in [5, 5.41) is 7.94. The molecule has 0 unspecified atom stereocenters. The maximum absolute atomic E-state index is 14.2. The molecule has 1 atom stereocenters. The van der Waals surface area contributed by atoms with Crippen molar-refractivity contribution in [2.45, 2.75) is 51.7 Å². The molecule has 1 fully saturated rings. The number of nitrogens with zero attached hydrogens (tertiary/aromatic N) is 3. The Kier molecular flexibility index (Phi) is 8.89. The first-order valence-electron chi connectivity index (χ1n) is 12.3. The number of anilines is 1. The van der Waals surface area contributed by atoms with Crippen LogP contribution in [0.3, 0.4) is 0 Å². The van der Waals surface area contributed by atoms with E-state index in [2.05, 4.69) is 15.4 Å². The summed E-state index contributed by atoms with van der Waals surface area (Å²) in [6.07, 6.45) is 7.70. The number of unbranched alkanes of at least 4 members (excludes halogenated alkanes) is 1. The smallest absolute Gasteiger partial charge is 0.342 e. The first-order valence-corrected chi connectivity index (χ1v) is 13.1. The molecular formula is C26H30Cl2FN5O3. The van der Waals surface area contributed by atoms with Gasteiger partial charge in [-0.25, -0.2) is 14.2 Å². The SMILES string of the molecule is CCCCOC(=O)c1c(-c2cnn(C3CCNCC3)c2)cnc(N)c1O[C@H](C)c1c(Cl)ccc(F)c1Cl. The molecule has 0 amide bonds. The number of carbonyl (C=O) groups excluding carboxylic acids is 1. The molecule has 4 rings (SSSR count). The minimum absolute atomic E-state index is 0.0116. The molecule has 0 spiro atoms. The summed E-state index contributed by atoms with van der Waals surface area (Å²) in [4.78, 5) is 17.7. The molecule has 3 aromatic rings. The lowest BCUT2D eigenvalue weighted by atomic mass is 10.0. The van der Waals surface area contributed by atoms with Crippen molar-refractivity contribution in [3.8, 4) is 16.9 Å². The second-order valence-corrected chi connectivity index (χ2v) is 9.74. The molecule has 3 N–H and O–H groups in total. The Labute approximate surface area is 225 Å². The molecule has 198 valence electrons. The fourth-order valence-electron chi connectivity index (χ4n) is 4.33. The molecule has 1 aromatic carbocycles. The van der Waals surface area contributed by atoms with Crippen molar-refractivity contribution < 1.29 is 18.7 Å². The normalized spacial score (nSPS) is 14.9. The van der Waals surface area contributed by atoms with Crippen molar-refractivity contribution in [1.29, 1.82) is 0 Å². The Morgan fingerprint density at radius 3 is 2.78 bits per heavy atom. The van der Waals surface area contributed by atoms with Gasteiger partial charge in [0.1, 0.15) is 17.5 Å². The molecule has 2 aromatic heterocycles. The fourth-order valence-corrected chi connectivity index (χ4v) is 5.01. The molecule has 3 heterocycles. The van der Waals surface area contributed by atoms with Crippen molar-refractivity contribution in [2.75, 3.05) is 25.4 Å². The number of rotatable bonds is 9. The van der Waals surface area contributed by atoms with Gasteiger partial charge in [0, 0.05) is 34.1 Å². The van der Waals surface area contributed by atoms with Crippen molar-refractivity contribution in [3.63, 3.8) is 0 Å². The number of nitrogen functional groups attached to an aromatic ring is 1. The Hall–Kier alpha value is -2.88. The van der Waals surface area contributed by atoms with Gasteiger partial charge in [0.25, 0.3) is 0 Å². The van der Waals surface area contributed by atoms with Crippen LogP contribution in [0.1, 0.15) is 67.6 Å². The first kappa shape index (κ1) is 27.2. The summed E-state index contributed by atoms with van der Waals surface area (Å²) in [5.41, 5.74) is 7.69. The van der Waals surface area contributed by atoms with Gasteiger partial charge in [0.05, 0.1) is 23.9 Å². The average Bonchev–Trinajstić information content (AvgIpc) is 3.38. The highest BCUT2D eigenvalue weighted by Gasteiger charge is 2.28. The van der Waals surface area contributed by atoms with Crippen LogP contribution in [0.5, 0.6) is 5.75 Å². The second-order valence-electron chi connectivity index (χ2n) is 8.96. The largest absolute Gasteiger partial charge is 0.481 e. The molecule has 11 heteroatoms. The summed E-state index contributed by atoms with van der Waals surface area (Å²) >= 11 is 12.5. The number of hydrogen-bond acceptors (Lipinski definition) is 7. The average molecular weight is 550 g/mol. The van der Waals surface area contributed by atoms with Gasteiger partial charge in [-0.2, -0.15) is 5.10 Å². The minimum atomic E-state index is -0.852. The van der Waals surface area contributed by atoms with Crippen LogP contribution >= 0.6 is 23.2 Å². The van der Waals surface area contributed by atoms with E-state index in [1.54, 1.807) is 13.1 Å². The second kappa shape index (κ2) is 12.1. The highest BCUT2D eigenvalue weighted by molar-refractivity contribution is 6.36. The number of pyridine rings is 1. The predicted molar refractivity (Wildman–Crippen MR) is 142 cm³/mol. The van der Waals surface area contributed by atoms with E-state index in [1.807, 2.05) is 17.8 Å². The van der Waals surface area contributed by atoms with Crippen molar-refractivity contribution in [3.05, 3.63) is 57.7 Å². The molecular weight excluding hydrogens is 520 g/mol. The summed E-state index contributed by atoms with van der Waals surface area (Å²) in [7, 11) is 0. The lowest BCUT2D eigenvalue weighted by Crippen LogP contribution is -2.29. The van der Waals surface area contributed by atoms with Gasteiger partial charge in [-0.05, 0) is 51.4 Å². The highest BCUT2D eigenvalue weighted by Crippen LogP contribution is 2.40. The number of benzene rings is 1. The third-order valence-electron chi connectivity index (χ3n) is 6.37. The van der Waals surface area contributed by atoms with E-state index in [9.17, 15) is 9.18 Å². The number of hydrogen-bond donors (Lipinski definition) is 2. The molecule has 0 saturated carbocycles. The topological polar surface area (TPSA) is 104 Å². The number of ether oxygens (including phenoxy) is 2. The lowest BCUT2D eigenvalue weighted by molar-refractivity contribution is 0.0494. The van der Waals surface area contributed by atoms with Crippen LogP contribution in [-0.4, -0.2) is 40.4 Å². The zero-order valence-electron chi connectivity index (χ0n) is 20.8. The standard InChI is InChI=1S/C26H30Cl2FN5O3/c1-3-4-11-36-26(35)22-18(16-12-33-34(14-16)17-7-9-31-10-8-17)13-32-25(30)24(22)37-15(2)21-19(27)5-6-20(29)23(21)28/h5-6,12-15,17,31H,3-4,7-11H2,1-2H3,(H2,30,32)/t15-/m1/s1. The van der Waals surface area contributed by atoms with E-state index in [-0.39, 0.29) is 45.4 Å². The van der Waals surface area contributed by atoms with Crippen LogP contribution in [0, 0.1) is 5.82 Å². The number of halogens is 3. The number of nitrogens with two attached hydrogens (primary N) is 1. The van der Waals surface area contributed by atoms with Gasteiger partial charge in [-0.3, -0.25) is 4.68 Å². The Bertz CT molecular complexity index is 1260. The third kappa shape index (κ3) is 6.00. The van der Waals surface area contributed by atoms with Crippen LogP contribution < -0.4 is 15.8 Å². The van der Waals surface area contributed by atoms with E-state index in [4.69, 9.17) is 38.4 Å². The molecule has 8 nitrogen and oxygen atoms in total. The number of aromatic nitrogens is 3. The highest BCUT2D eigenvalue weighted by atomic mass is 35.5. The summed E-state index contributed by atoms with van der Waals surface area (Å²) in [6, 6.07) is 2.82. The summed E-state index contributed by atoms with van der Waals surface area (Å²) in [6.45, 7) is 5.71. The number of esters is 1.